The lowest BCUT2D eigenvalue weighted by Crippen LogP contribution is -2.01. The van der Waals surface area contributed by atoms with Crippen LogP contribution in [0.25, 0.3) is 0 Å². The van der Waals surface area contributed by atoms with Gasteiger partial charge in [-0.1, -0.05) is 22.6 Å². The molecule has 0 spiro atoms. The van der Waals surface area contributed by atoms with Gasteiger partial charge in [0.15, 0.2) is 0 Å². The summed E-state index contributed by atoms with van der Waals surface area (Å²) < 4.78 is 1.27. The highest BCUT2D eigenvalue weighted by atomic mass is 127. The molecule has 0 saturated heterocycles. The number of halogens is 1. The molecule has 0 heterocycles. The van der Waals surface area contributed by atoms with Crippen LogP contribution in [-0.2, 0) is 0 Å². The second-order valence-corrected chi connectivity index (χ2v) is 3.76. The summed E-state index contributed by atoms with van der Waals surface area (Å²) >= 11 is 2.43. The molecule has 9 heavy (non-hydrogen) atoms. The first-order chi connectivity index (χ1) is 4.36. The first-order valence-electron chi connectivity index (χ1n) is 3.53. The van der Waals surface area contributed by atoms with Crippen molar-refractivity contribution in [3.05, 3.63) is 0 Å². The average Bonchev–Trinajstić information content (AvgIpc) is 2.34. The number of aliphatic hydroxyl groups excluding tert-OH is 1. The molecule has 1 saturated carbocycles. The summed E-state index contributed by atoms with van der Waals surface area (Å²) in [7, 11) is 0. The third-order valence-electron chi connectivity index (χ3n) is 2.13. The highest BCUT2D eigenvalue weighted by Crippen LogP contribution is 2.31. The quantitative estimate of drug-likeness (QED) is 0.576. The Morgan fingerprint density at radius 1 is 1.33 bits per heavy atom. The van der Waals surface area contributed by atoms with E-state index in [9.17, 15) is 0 Å². The minimum atomic E-state index is 0.410. The van der Waals surface area contributed by atoms with Crippen LogP contribution in [0.3, 0.4) is 0 Å². The summed E-state index contributed by atoms with van der Waals surface area (Å²) in [6, 6.07) is 0. The van der Waals surface area contributed by atoms with E-state index < -0.39 is 0 Å². The Morgan fingerprint density at radius 2 is 2.00 bits per heavy atom. The van der Waals surface area contributed by atoms with Crippen molar-refractivity contribution in [1.82, 2.24) is 0 Å². The maximum absolute atomic E-state index is 8.78. The molecular formula is C7H13IO. The van der Waals surface area contributed by atoms with E-state index in [1.807, 2.05) is 0 Å². The van der Waals surface area contributed by atoms with Crippen molar-refractivity contribution in [2.75, 3.05) is 11.0 Å². The zero-order chi connectivity index (χ0) is 6.69. The highest BCUT2D eigenvalue weighted by Gasteiger charge is 2.22. The van der Waals surface area contributed by atoms with E-state index in [1.54, 1.807) is 0 Å². The average molecular weight is 240 g/mol. The van der Waals surface area contributed by atoms with E-state index in [0.29, 0.717) is 12.5 Å². The lowest BCUT2D eigenvalue weighted by Gasteiger charge is -2.03. The number of rotatable bonds is 2. The fraction of sp³-hybridized carbons (Fsp3) is 1.00. The zero-order valence-corrected chi connectivity index (χ0v) is 7.67. The number of hydrogen-bond acceptors (Lipinski definition) is 1. The SMILES string of the molecule is OCC1CCC(CI)C1. The Labute approximate surface area is 70.0 Å². The minimum absolute atomic E-state index is 0.410. The van der Waals surface area contributed by atoms with Crippen LogP contribution in [0, 0.1) is 11.8 Å². The molecule has 2 atom stereocenters. The summed E-state index contributed by atoms with van der Waals surface area (Å²) in [4.78, 5) is 0. The topological polar surface area (TPSA) is 20.2 Å². The minimum Gasteiger partial charge on any atom is -0.396 e. The molecule has 0 aromatic carbocycles. The van der Waals surface area contributed by atoms with Gasteiger partial charge in [-0.25, -0.2) is 0 Å². The summed E-state index contributed by atoms with van der Waals surface area (Å²) in [6.45, 7) is 0.410. The van der Waals surface area contributed by atoms with Gasteiger partial charge in [0.1, 0.15) is 0 Å². The van der Waals surface area contributed by atoms with Crippen LogP contribution in [0.2, 0.25) is 0 Å². The standard InChI is InChI=1S/C7H13IO/c8-4-6-1-2-7(3-6)5-9/h6-7,9H,1-5H2. The van der Waals surface area contributed by atoms with E-state index in [1.165, 1.54) is 23.7 Å². The predicted molar refractivity (Wildman–Crippen MR) is 46.8 cm³/mol. The van der Waals surface area contributed by atoms with Gasteiger partial charge in [-0.05, 0) is 31.1 Å². The van der Waals surface area contributed by atoms with Gasteiger partial charge >= 0.3 is 0 Å². The van der Waals surface area contributed by atoms with Gasteiger partial charge in [-0.3, -0.25) is 0 Å². The molecule has 2 unspecified atom stereocenters. The Bertz CT molecular complexity index is 75.0. The van der Waals surface area contributed by atoms with Crippen molar-refractivity contribution in [3.63, 3.8) is 0 Å². The third kappa shape index (κ3) is 2.08. The van der Waals surface area contributed by atoms with Gasteiger partial charge in [0, 0.05) is 11.0 Å². The second kappa shape index (κ2) is 3.76. The van der Waals surface area contributed by atoms with E-state index in [0.717, 1.165) is 5.92 Å². The van der Waals surface area contributed by atoms with Crippen molar-refractivity contribution in [1.29, 1.82) is 0 Å². The largest absolute Gasteiger partial charge is 0.396 e. The molecule has 0 aromatic rings. The van der Waals surface area contributed by atoms with Gasteiger partial charge in [0.25, 0.3) is 0 Å². The third-order valence-corrected chi connectivity index (χ3v) is 3.37. The zero-order valence-electron chi connectivity index (χ0n) is 5.52. The summed E-state index contributed by atoms with van der Waals surface area (Å²) in [5, 5.41) is 8.78. The van der Waals surface area contributed by atoms with Crippen LogP contribution >= 0.6 is 22.6 Å². The van der Waals surface area contributed by atoms with Crippen molar-refractivity contribution in [2.45, 2.75) is 19.3 Å². The molecule has 54 valence electrons. The first-order valence-corrected chi connectivity index (χ1v) is 5.06. The Hall–Kier alpha value is 0.690. The fourth-order valence-electron chi connectivity index (χ4n) is 1.48. The second-order valence-electron chi connectivity index (χ2n) is 2.88. The molecule has 0 bridgehead atoms. The van der Waals surface area contributed by atoms with E-state index in [4.69, 9.17) is 5.11 Å². The first kappa shape index (κ1) is 7.79. The Morgan fingerprint density at radius 3 is 2.33 bits per heavy atom. The lowest BCUT2D eigenvalue weighted by atomic mass is 10.1. The molecule has 1 rings (SSSR count). The summed E-state index contributed by atoms with van der Waals surface area (Å²) in [5.41, 5.74) is 0. The van der Waals surface area contributed by atoms with Crippen molar-refractivity contribution >= 4 is 22.6 Å². The number of aliphatic hydroxyl groups is 1. The molecule has 1 fully saturated rings. The molecule has 1 aliphatic carbocycles. The maximum atomic E-state index is 8.78. The summed E-state index contributed by atoms with van der Waals surface area (Å²) in [6.07, 6.45) is 3.86. The van der Waals surface area contributed by atoms with E-state index >= 15 is 0 Å². The lowest BCUT2D eigenvalue weighted by molar-refractivity contribution is 0.227. The van der Waals surface area contributed by atoms with Gasteiger partial charge < -0.3 is 5.11 Å². The molecule has 2 heteroatoms. The van der Waals surface area contributed by atoms with Gasteiger partial charge in [-0.2, -0.15) is 0 Å². The fourth-order valence-corrected chi connectivity index (χ4v) is 2.28. The van der Waals surface area contributed by atoms with Crippen LogP contribution in [-0.4, -0.2) is 16.1 Å². The normalized spacial score (nSPS) is 35.3. The van der Waals surface area contributed by atoms with Crippen LogP contribution < -0.4 is 0 Å². The van der Waals surface area contributed by atoms with E-state index in [-0.39, 0.29) is 0 Å². The molecular weight excluding hydrogens is 227 g/mol. The van der Waals surface area contributed by atoms with E-state index in [2.05, 4.69) is 22.6 Å². The molecule has 1 N–H and O–H groups in total. The van der Waals surface area contributed by atoms with Gasteiger partial charge in [0.05, 0.1) is 0 Å². The van der Waals surface area contributed by atoms with Crippen molar-refractivity contribution in [3.8, 4) is 0 Å². The number of hydrogen-bond donors (Lipinski definition) is 1. The molecule has 1 aliphatic rings. The smallest absolute Gasteiger partial charge is 0.0459 e. The monoisotopic (exact) mass is 240 g/mol. The highest BCUT2D eigenvalue weighted by molar-refractivity contribution is 14.1. The van der Waals surface area contributed by atoms with Crippen molar-refractivity contribution in [2.24, 2.45) is 11.8 Å². The van der Waals surface area contributed by atoms with Gasteiger partial charge in [0.2, 0.25) is 0 Å². The van der Waals surface area contributed by atoms with Crippen molar-refractivity contribution < 1.29 is 5.11 Å². The molecule has 0 aliphatic heterocycles. The van der Waals surface area contributed by atoms with Crippen LogP contribution in [0.1, 0.15) is 19.3 Å². The van der Waals surface area contributed by atoms with Gasteiger partial charge in [-0.15, -0.1) is 0 Å². The predicted octanol–water partition coefficient (Wildman–Crippen LogP) is 1.83. The molecule has 1 nitrogen and oxygen atoms in total. The van der Waals surface area contributed by atoms with Crippen LogP contribution in [0.5, 0.6) is 0 Å². The molecule has 0 aromatic heterocycles. The molecule has 0 amide bonds. The summed E-state index contributed by atoms with van der Waals surface area (Å²) in [5.74, 6) is 1.53. The van der Waals surface area contributed by atoms with Crippen LogP contribution in [0.15, 0.2) is 0 Å². The Balaban J connectivity index is 2.20. The molecule has 0 radical (unpaired) electrons. The van der Waals surface area contributed by atoms with Crippen LogP contribution in [0.4, 0.5) is 0 Å². The maximum Gasteiger partial charge on any atom is 0.0459 e. The Kier molecular flexibility index (Phi) is 3.26. The number of alkyl halides is 1.